The highest BCUT2D eigenvalue weighted by Gasteiger charge is 2.51. The van der Waals surface area contributed by atoms with Gasteiger partial charge in [-0.3, -0.25) is 4.79 Å². The first-order valence-corrected chi connectivity index (χ1v) is 10.4. The van der Waals surface area contributed by atoms with Gasteiger partial charge in [-0.25, -0.2) is 0 Å². The van der Waals surface area contributed by atoms with E-state index in [2.05, 4.69) is 56.2 Å². The number of hydrogen-bond donors (Lipinski definition) is 2. The molecule has 1 fully saturated rings. The molecule has 0 radical (unpaired) electrons. The highest BCUT2D eigenvalue weighted by Crippen LogP contribution is 2.51. The van der Waals surface area contributed by atoms with Crippen LogP contribution in [0.15, 0.2) is 43.0 Å². The minimum Gasteiger partial charge on any atom is -0.488 e. The van der Waals surface area contributed by atoms with Gasteiger partial charge >= 0.3 is 0 Å². The lowest BCUT2D eigenvalue weighted by atomic mass is 9.85. The number of carbonyl (C=O) groups excluding carboxylic acids is 1. The van der Waals surface area contributed by atoms with Crippen molar-refractivity contribution < 1.29 is 9.53 Å². The summed E-state index contributed by atoms with van der Waals surface area (Å²) in [6.07, 6.45) is 2.73. The fraction of sp³-hybridized carbons (Fsp3) is 0.400. The van der Waals surface area contributed by atoms with Crippen LogP contribution in [0.3, 0.4) is 0 Å². The largest absolute Gasteiger partial charge is 0.488 e. The molecule has 1 unspecified atom stereocenters. The maximum atomic E-state index is 13.2. The van der Waals surface area contributed by atoms with E-state index in [1.54, 1.807) is 0 Å². The van der Waals surface area contributed by atoms with Gasteiger partial charge in [-0.15, -0.1) is 0 Å². The van der Waals surface area contributed by atoms with E-state index >= 15 is 0 Å². The molecule has 0 saturated heterocycles. The second-order valence-electron chi connectivity index (χ2n) is 9.78. The Labute approximate surface area is 172 Å². The van der Waals surface area contributed by atoms with Crippen LogP contribution < -0.4 is 15.4 Å². The van der Waals surface area contributed by atoms with Crippen LogP contribution in [-0.2, 0) is 16.6 Å². The molecule has 0 bridgehead atoms. The molecule has 0 aromatic heterocycles. The number of ether oxygens (including phenoxy) is 1. The van der Waals surface area contributed by atoms with E-state index in [0.717, 1.165) is 47.4 Å². The van der Waals surface area contributed by atoms with Crippen molar-refractivity contribution in [2.24, 2.45) is 5.41 Å². The van der Waals surface area contributed by atoms with E-state index in [-0.39, 0.29) is 11.3 Å². The first-order valence-electron chi connectivity index (χ1n) is 10.4. The van der Waals surface area contributed by atoms with Gasteiger partial charge in [0, 0.05) is 23.0 Å². The molecule has 5 rings (SSSR count). The maximum absolute atomic E-state index is 13.2. The number of carbonyl (C=O) groups is 1. The lowest BCUT2D eigenvalue weighted by Crippen LogP contribution is -2.31. The fourth-order valence-corrected chi connectivity index (χ4v) is 4.46. The van der Waals surface area contributed by atoms with Crippen molar-refractivity contribution >= 4 is 22.9 Å². The Hall–Kier alpha value is -2.75. The monoisotopic (exact) mass is 388 g/mol. The molecule has 2 aromatic rings. The number of nitrogens with one attached hydrogen (secondary N) is 2. The molecular weight excluding hydrogens is 360 g/mol. The molecule has 4 heteroatoms. The van der Waals surface area contributed by atoms with E-state index in [9.17, 15) is 4.79 Å². The number of amides is 1. The Kier molecular flexibility index (Phi) is 3.86. The number of benzene rings is 2. The van der Waals surface area contributed by atoms with E-state index < -0.39 is 5.41 Å². The Morgan fingerprint density at radius 1 is 1.21 bits per heavy atom. The molecule has 3 aliphatic rings. The average Bonchev–Trinajstić information content (AvgIpc) is 3.25. The van der Waals surface area contributed by atoms with Gasteiger partial charge in [0.1, 0.15) is 12.4 Å². The quantitative estimate of drug-likeness (QED) is 0.765. The van der Waals surface area contributed by atoms with Gasteiger partial charge in [0.2, 0.25) is 5.91 Å². The van der Waals surface area contributed by atoms with Crippen LogP contribution >= 0.6 is 0 Å². The summed E-state index contributed by atoms with van der Waals surface area (Å²) in [5.74, 6) is 0.927. The number of rotatable bonds is 3. The van der Waals surface area contributed by atoms with Gasteiger partial charge < -0.3 is 15.4 Å². The first-order chi connectivity index (χ1) is 13.8. The zero-order valence-corrected chi connectivity index (χ0v) is 17.4. The Bertz CT molecular complexity index is 1030. The summed E-state index contributed by atoms with van der Waals surface area (Å²) in [4.78, 5) is 13.2. The van der Waals surface area contributed by atoms with Gasteiger partial charge in [-0.2, -0.15) is 0 Å². The molecular formula is C25H28N2O2. The third kappa shape index (κ3) is 3.02. The summed E-state index contributed by atoms with van der Waals surface area (Å²) < 4.78 is 5.72. The zero-order chi connectivity index (χ0) is 20.4. The van der Waals surface area contributed by atoms with E-state index in [1.807, 2.05) is 18.2 Å². The molecule has 1 aliphatic carbocycles. The van der Waals surface area contributed by atoms with E-state index in [4.69, 9.17) is 4.74 Å². The molecule has 2 N–H and O–H groups in total. The van der Waals surface area contributed by atoms with E-state index in [1.165, 1.54) is 11.3 Å². The predicted molar refractivity (Wildman–Crippen MR) is 118 cm³/mol. The second kappa shape index (κ2) is 6.12. The topological polar surface area (TPSA) is 50.4 Å². The number of hydrogen-bond acceptors (Lipinski definition) is 3. The van der Waals surface area contributed by atoms with Crippen LogP contribution in [0.4, 0.5) is 11.4 Å². The van der Waals surface area contributed by atoms with Crippen molar-refractivity contribution in [3.8, 4) is 5.75 Å². The summed E-state index contributed by atoms with van der Waals surface area (Å²) in [5.41, 5.74) is 6.19. The lowest BCUT2D eigenvalue weighted by molar-refractivity contribution is -0.118. The van der Waals surface area contributed by atoms with E-state index in [0.29, 0.717) is 12.6 Å². The molecule has 2 aliphatic heterocycles. The Morgan fingerprint density at radius 2 is 2.00 bits per heavy atom. The van der Waals surface area contributed by atoms with Crippen molar-refractivity contribution in [3.05, 3.63) is 59.7 Å². The van der Waals surface area contributed by atoms with Crippen molar-refractivity contribution in [1.82, 2.24) is 0 Å². The number of anilines is 2. The van der Waals surface area contributed by atoms with Gasteiger partial charge in [-0.1, -0.05) is 39.5 Å². The molecule has 0 spiro atoms. The van der Waals surface area contributed by atoms with Crippen LogP contribution in [0.5, 0.6) is 5.75 Å². The highest BCUT2D eigenvalue weighted by molar-refractivity contribution is 6.01. The van der Waals surface area contributed by atoms with Crippen molar-refractivity contribution in [2.45, 2.75) is 51.5 Å². The summed E-state index contributed by atoms with van der Waals surface area (Å²) in [5, 5.41) is 6.79. The summed E-state index contributed by atoms with van der Waals surface area (Å²) in [6, 6.07) is 12.8. The Morgan fingerprint density at radius 3 is 2.72 bits per heavy atom. The first kappa shape index (κ1) is 18.3. The van der Waals surface area contributed by atoms with Crippen LogP contribution in [-0.4, -0.2) is 18.6 Å². The average molecular weight is 389 g/mol. The van der Waals surface area contributed by atoms with Gasteiger partial charge in [-0.05, 0) is 65.6 Å². The van der Waals surface area contributed by atoms with Gasteiger partial charge in [0.25, 0.3) is 0 Å². The van der Waals surface area contributed by atoms with Crippen molar-refractivity contribution in [3.63, 3.8) is 0 Å². The molecule has 150 valence electrons. The van der Waals surface area contributed by atoms with Crippen LogP contribution in [0.1, 0.15) is 50.3 Å². The summed E-state index contributed by atoms with van der Waals surface area (Å²) >= 11 is 0. The molecule has 2 heterocycles. The lowest BCUT2D eigenvalue weighted by Gasteiger charge is -2.27. The highest BCUT2D eigenvalue weighted by atomic mass is 16.5. The van der Waals surface area contributed by atoms with Crippen LogP contribution in [0.2, 0.25) is 0 Å². The zero-order valence-electron chi connectivity index (χ0n) is 17.4. The second-order valence-corrected chi connectivity index (χ2v) is 9.78. The summed E-state index contributed by atoms with van der Waals surface area (Å²) in [7, 11) is 0. The number of fused-ring (bicyclic) bond motifs is 2. The minimum atomic E-state index is -0.437. The van der Waals surface area contributed by atoms with Gasteiger partial charge in [0.05, 0.1) is 5.41 Å². The molecule has 29 heavy (non-hydrogen) atoms. The molecule has 1 amide bonds. The molecule has 1 saturated carbocycles. The third-order valence-electron chi connectivity index (χ3n) is 6.66. The maximum Gasteiger partial charge on any atom is 0.235 e. The van der Waals surface area contributed by atoms with Crippen LogP contribution in [0, 0.1) is 5.41 Å². The normalized spacial score (nSPS) is 21.1. The van der Waals surface area contributed by atoms with Gasteiger partial charge in [0.15, 0.2) is 0 Å². The summed E-state index contributed by atoms with van der Waals surface area (Å²) in [6.45, 7) is 11.3. The third-order valence-corrected chi connectivity index (χ3v) is 6.66. The van der Waals surface area contributed by atoms with Crippen molar-refractivity contribution in [2.75, 3.05) is 17.2 Å². The van der Waals surface area contributed by atoms with Crippen LogP contribution in [0.25, 0.3) is 5.57 Å². The molecule has 2 aromatic carbocycles. The SMILES string of the molecule is C=C1COc2cc(C3(C(=O)Nc4ccc5c(c4)CC(C(C)(C)C)N5)CC3)ccc21. The molecule has 4 nitrogen and oxygen atoms in total. The minimum absolute atomic E-state index is 0.0764. The Balaban J connectivity index is 1.35. The fourth-order valence-electron chi connectivity index (χ4n) is 4.46. The standard InChI is InChI=1S/C25H28N2O2/c1-15-14-29-21-13-17(5-7-19(15)21)25(9-10-25)23(28)26-18-6-8-20-16(11-18)12-22(27-20)24(2,3)4/h5-8,11,13,22,27H,1,9-10,12,14H2,2-4H3,(H,26,28). The predicted octanol–water partition coefficient (Wildman–Crippen LogP) is 5.15. The molecule has 1 atom stereocenters. The smallest absolute Gasteiger partial charge is 0.235 e. The van der Waals surface area contributed by atoms with Crippen molar-refractivity contribution in [1.29, 1.82) is 0 Å².